The van der Waals surface area contributed by atoms with E-state index in [2.05, 4.69) is 10.3 Å². The van der Waals surface area contributed by atoms with Gasteiger partial charge in [-0.1, -0.05) is 32.4 Å². The summed E-state index contributed by atoms with van der Waals surface area (Å²) < 4.78 is 0. The molecule has 5 heteroatoms. The lowest BCUT2D eigenvalue weighted by atomic mass is 9.87. The van der Waals surface area contributed by atoms with E-state index in [-0.39, 0.29) is 11.3 Å². The van der Waals surface area contributed by atoms with Gasteiger partial charge in [0.25, 0.3) is 0 Å². The fraction of sp³-hybridized carbons (Fsp3) is 0.455. The Labute approximate surface area is 100 Å². The molecule has 4 nitrogen and oxygen atoms in total. The average molecular weight is 242 g/mol. The van der Waals surface area contributed by atoms with Crippen LogP contribution in [0, 0.1) is 5.41 Å². The lowest BCUT2D eigenvalue weighted by molar-refractivity contribution is -0.119. The Morgan fingerprint density at radius 3 is 2.56 bits per heavy atom. The van der Waals surface area contributed by atoms with Gasteiger partial charge in [0, 0.05) is 0 Å². The number of hydrogen-bond donors (Lipinski definition) is 2. The van der Waals surface area contributed by atoms with E-state index in [0.29, 0.717) is 10.8 Å². The van der Waals surface area contributed by atoms with Crippen LogP contribution in [0.2, 0.25) is 5.15 Å². The molecule has 1 atom stereocenters. The summed E-state index contributed by atoms with van der Waals surface area (Å²) in [6.45, 7) is 5.74. The minimum Gasteiger partial charge on any atom is -0.323 e. The van der Waals surface area contributed by atoms with Gasteiger partial charge in [0.15, 0.2) is 0 Å². The van der Waals surface area contributed by atoms with Gasteiger partial charge in [-0.3, -0.25) is 4.79 Å². The largest absolute Gasteiger partial charge is 0.323 e. The first-order chi connectivity index (χ1) is 7.30. The third-order valence-electron chi connectivity index (χ3n) is 2.21. The second kappa shape index (κ2) is 4.80. The van der Waals surface area contributed by atoms with Crippen molar-refractivity contribution in [2.45, 2.75) is 26.8 Å². The molecule has 0 radical (unpaired) electrons. The highest BCUT2D eigenvalue weighted by molar-refractivity contribution is 6.29. The molecule has 0 aliphatic carbocycles. The fourth-order valence-corrected chi connectivity index (χ4v) is 1.17. The Kier molecular flexibility index (Phi) is 3.88. The molecule has 1 rings (SSSR count). The minimum atomic E-state index is -0.567. The zero-order valence-corrected chi connectivity index (χ0v) is 10.4. The minimum absolute atomic E-state index is 0.225. The van der Waals surface area contributed by atoms with Gasteiger partial charge in [0.05, 0.1) is 17.9 Å². The van der Waals surface area contributed by atoms with E-state index in [1.54, 1.807) is 12.1 Å². The van der Waals surface area contributed by atoms with Crippen molar-refractivity contribution in [1.29, 1.82) is 0 Å². The predicted octanol–water partition coefficient (Wildman–Crippen LogP) is 2.05. The van der Waals surface area contributed by atoms with Crippen molar-refractivity contribution in [3.05, 3.63) is 23.5 Å². The number of aromatic nitrogens is 1. The normalized spacial score (nSPS) is 13.3. The van der Waals surface area contributed by atoms with E-state index in [9.17, 15) is 4.79 Å². The summed E-state index contributed by atoms with van der Waals surface area (Å²) >= 11 is 5.63. The number of carbonyl (C=O) groups is 1. The van der Waals surface area contributed by atoms with Crippen molar-refractivity contribution in [2.24, 2.45) is 11.1 Å². The molecule has 0 saturated carbocycles. The van der Waals surface area contributed by atoms with E-state index in [4.69, 9.17) is 17.3 Å². The van der Waals surface area contributed by atoms with Gasteiger partial charge >= 0.3 is 0 Å². The standard InChI is InChI=1S/C11H16ClN3O/c1-11(2,3)9(13)10(16)15-7-4-5-8(12)14-6-7/h4-6,9H,13H2,1-3H3,(H,15,16). The van der Waals surface area contributed by atoms with Crippen molar-refractivity contribution in [3.63, 3.8) is 0 Å². The van der Waals surface area contributed by atoms with E-state index in [1.165, 1.54) is 6.20 Å². The highest BCUT2D eigenvalue weighted by Crippen LogP contribution is 2.19. The SMILES string of the molecule is CC(C)(C)C(N)C(=O)Nc1ccc(Cl)nc1. The van der Waals surface area contributed by atoms with Gasteiger partial charge in [0.2, 0.25) is 5.91 Å². The van der Waals surface area contributed by atoms with Gasteiger partial charge in [-0.25, -0.2) is 4.98 Å². The molecule has 1 aromatic rings. The van der Waals surface area contributed by atoms with Crippen LogP contribution in [0.3, 0.4) is 0 Å². The van der Waals surface area contributed by atoms with Crippen LogP contribution in [0.5, 0.6) is 0 Å². The molecular formula is C11H16ClN3O. The number of hydrogen-bond acceptors (Lipinski definition) is 3. The van der Waals surface area contributed by atoms with Gasteiger partial charge in [0.1, 0.15) is 5.15 Å². The Bertz CT molecular complexity index is 370. The maximum Gasteiger partial charge on any atom is 0.241 e. The molecular weight excluding hydrogens is 226 g/mol. The van der Waals surface area contributed by atoms with Crippen molar-refractivity contribution in [2.75, 3.05) is 5.32 Å². The van der Waals surface area contributed by atoms with Crippen molar-refractivity contribution in [1.82, 2.24) is 4.98 Å². The molecule has 0 aromatic carbocycles. The lowest BCUT2D eigenvalue weighted by Crippen LogP contribution is -2.45. The van der Waals surface area contributed by atoms with Crippen molar-refractivity contribution >= 4 is 23.2 Å². The second-order valence-electron chi connectivity index (χ2n) is 4.70. The number of anilines is 1. The molecule has 0 fully saturated rings. The summed E-state index contributed by atoms with van der Waals surface area (Å²) in [7, 11) is 0. The molecule has 1 amide bonds. The topological polar surface area (TPSA) is 68.0 Å². The maximum absolute atomic E-state index is 11.7. The predicted molar refractivity (Wildman–Crippen MR) is 65.3 cm³/mol. The van der Waals surface area contributed by atoms with E-state index in [0.717, 1.165) is 0 Å². The molecule has 1 unspecified atom stereocenters. The first-order valence-corrected chi connectivity index (χ1v) is 5.36. The smallest absolute Gasteiger partial charge is 0.241 e. The Balaban J connectivity index is 2.68. The average Bonchev–Trinajstić information content (AvgIpc) is 2.19. The van der Waals surface area contributed by atoms with E-state index < -0.39 is 6.04 Å². The van der Waals surface area contributed by atoms with Crippen molar-refractivity contribution in [3.8, 4) is 0 Å². The van der Waals surface area contributed by atoms with Gasteiger partial charge in [-0.05, 0) is 17.5 Å². The zero-order chi connectivity index (χ0) is 12.3. The number of nitrogens with one attached hydrogen (secondary N) is 1. The summed E-state index contributed by atoms with van der Waals surface area (Å²) in [4.78, 5) is 15.6. The molecule has 0 spiro atoms. The molecule has 3 N–H and O–H groups in total. The Morgan fingerprint density at radius 2 is 2.12 bits per heavy atom. The number of rotatable bonds is 2. The van der Waals surface area contributed by atoms with E-state index >= 15 is 0 Å². The molecule has 0 aliphatic rings. The van der Waals surface area contributed by atoms with Crippen LogP contribution in [0.4, 0.5) is 5.69 Å². The quantitative estimate of drug-likeness (QED) is 0.779. The summed E-state index contributed by atoms with van der Waals surface area (Å²) in [6.07, 6.45) is 1.50. The number of pyridine rings is 1. The number of carbonyl (C=O) groups excluding carboxylic acids is 1. The van der Waals surface area contributed by atoms with Gasteiger partial charge in [-0.15, -0.1) is 0 Å². The third kappa shape index (κ3) is 3.47. The molecule has 16 heavy (non-hydrogen) atoms. The maximum atomic E-state index is 11.7. The van der Waals surface area contributed by atoms with Crippen LogP contribution in [0.25, 0.3) is 0 Å². The van der Waals surface area contributed by atoms with Crippen LogP contribution in [0.15, 0.2) is 18.3 Å². The van der Waals surface area contributed by atoms with Crippen molar-refractivity contribution < 1.29 is 4.79 Å². The van der Waals surface area contributed by atoms with Gasteiger partial charge < -0.3 is 11.1 Å². The first kappa shape index (κ1) is 12.9. The highest BCUT2D eigenvalue weighted by atomic mass is 35.5. The number of amides is 1. The lowest BCUT2D eigenvalue weighted by Gasteiger charge is -2.25. The summed E-state index contributed by atoms with van der Waals surface area (Å²) in [5.41, 5.74) is 6.13. The number of halogens is 1. The van der Waals surface area contributed by atoms with Crippen LogP contribution in [-0.4, -0.2) is 16.9 Å². The van der Waals surface area contributed by atoms with Crippen LogP contribution >= 0.6 is 11.6 Å². The first-order valence-electron chi connectivity index (χ1n) is 4.98. The number of nitrogens with zero attached hydrogens (tertiary/aromatic N) is 1. The third-order valence-corrected chi connectivity index (χ3v) is 2.43. The van der Waals surface area contributed by atoms with Crippen LogP contribution < -0.4 is 11.1 Å². The molecule has 88 valence electrons. The Hall–Kier alpha value is -1.13. The summed E-state index contributed by atoms with van der Waals surface area (Å²) in [5.74, 6) is -0.225. The second-order valence-corrected chi connectivity index (χ2v) is 5.09. The van der Waals surface area contributed by atoms with Crippen LogP contribution in [0.1, 0.15) is 20.8 Å². The molecule has 0 saturated heterocycles. The fourth-order valence-electron chi connectivity index (χ4n) is 1.06. The summed E-state index contributed by atoms with van der Waals surface area (Å²) in [5, 5.41) is 3.08. The van der Waals surface area contributed by atoms with Crippen LogP contribution in [-0.2, 0) is 4.79 Å². The molecule has 1 aromatic heterocycles. The van der Waals surface area contributed by atoms with E-state index in [1.807, 2.05) is 20.8 Å². The zero-order valence-electron chi connectivity index (χ0n) is 9.62. The summed E-state index contributed by atoms with van der Waals surface area (Å²) in [6, 6.07) is 2.73. The number of nitrogens with two attached hydrogens (primary N) is 1. The molecule has 0 aliphatic heterocycles. The van der Waals surface area contributed by atoms with Gasteiger partial charge in [-0.2, -0.15) is 0 Å². The monoisotopic (exact) mass is 241 g/mol. The highest BCUT2D eigenvalue weighted by Gasteiger charge is 2.27. The Morgan fingerprint density at radius 1 is 1.50 bits per heavy atom. The molecule has 0 bridgehead atoms. The molecule has 1 heterocycles.